The Labute approximate surface area is 136 Å². The highest BCUT2D eigenvalue weighted by molar-refractivity contribution is 5.64. The van der Waals surface area contributed by atoms with Crippen LogP contribution >= 0.6 is 0 Å². The second-order valence-corrected chi connectivity index (χ2v) is 4.76. The number of nitroso groups, excluding NO2 is 1. The van der Waals surface area contributed by atoms with Crippen LogP contribution in [0.25, 0.3) is 0 Å². The van der Waals surface area contributed by atoms with Gasteiger partial charge in [0.25, 0.3) is 5.69 Å². The van der Waals surface area contributed by atoms with Gasteiger partial charge in [-0.1, -0.05) is 6.07 Å². The van der Waals surface area contributed by atoms with E-state index in [4.69, 9.17) is 9.47 Å². The largest absolute Gasteiger partial charge is 0.514 e. The molecule has 0 aromatic heterocycles. The number of nitro benzene ring substituents is 1. The van der Waals surface area contributed by atoms with Crippen molar-refractivity contribution in [1.29, 1.82) is 0 Å². The van der Waals surface area contributed by atoms with E-state index in [9.17, 15) is 19.8 Å². The minimum absolute atomic E-state index is 0.125. The maximum absolute atomic E-state index is 11.6. The average Bonchev–Trinajstić information content (AvgIpc) is 2.55. The van der Waals surface area contributed by atoms with Crippen molar-refractivity contribution in [3.8, 4) is 5.75 Å². The highest BCUT2D eigenvalue weighted by Gasteiger charge is 2.16. The van der Waals surface area contributed by atoms with Gasteiger partial charge in [-0.05, 0) is 42.8 Å². The number of benzene rings is 2. The molecule has 0 amide bonds. The van der Waals surface area contributed by atoms with Crippen molar-refractivity contribution in [3.05, 3.63) is 68.6 Å². The molecule has 9 nitrogen and oxygen atoms in total. The lowest BCUT2D eigenvalue weighted by atomic mass is 10.1. The fraction of sp³-hybridized carbons (Fsp3) is 0.133. The summed E-state index contributed by atoms with van der Waals surface area (Å²) in [5, 5.41) is 13.5. The number of aryl methyl sites for hydroxylation is 1. The van der Waals surface area contributed by atoms with E-state index in [1.807, 2.05) is 0 Å². The molecule has 0 saturated heterocycles. The lowest BCUT2D eigenvalue weighted by molar-refractivity contribution is -0.385. The van der Waals surface area contributed by atoms with E-state index in [1.54, 1.807) is 13.0 Å². The SMILES string of the molecule is Cc1ccc(COC(=O)Oc2ccc(NN=O)cc2)c([N+](=O)[O-])c1. The minimum atomic E-state index is -1.00. The Morgan fingerprint density at radius 1 is 1.25 bits per heavy atom. The highest BCUT2D eigenvalue weighted by Crippen LogP contribution is 2.21. The zero-order valence-electron chi connectivity index (χ0n) is 12.6. The van der Waals surface area contributed by atoms with Gasteiger partial charge >= 0.3 is 6.16 Å². The van der Waals surface area contributed by atoms with Gasteiger partial charge in [0.05, 0.1) is 21.5 Å². The topological polar surface area (TPSA) is 120 Å². The molecular formula is C15H13N3O6. The average molecular weight is 331 g/mol. The van der Waals surface area contributed by atoms with Crippen LogP contribution in [0, 0.1) is 21.9 Å². The van der Waals surface area contributed by atoms with Crippen molar-refractivity contribution in [1.82, 2.24) is 0 Å². The van der Waals surface area contributed by atoms with Crippen LogP contribution in [-0.2, 0) is 11.3 Å². The Morgan fingerprint density at radius 3 is 2.58 bits per heavy atom. The molecule has 0 atom stereocenters. The maximum atomic E-state index is 11.6. The molecule has 0 saturated carbocycles. The van der Waals surface area contributed by atoms with Gasteiger partial charge in [0.15, 0.2) is 0 Å². The van der Waals surface area contributed by atoms with Gasteiger partial charge in [-0.15, -0.1) is 4.91 Å². The van der Waals surface area contributed by atoms with E-state index in [0.717, 1.165) is 5.56 Å². The number of nitrogens with zero attached hydrogens (tertiary/aromatic N) is 2. The second-order valence-electron chi connectivity index (χ2n) is 4.76. The third-order valence-corrected chi connectivity index (χ3v) is 3.01. The Balaban J connectivity index is 1.96. The van der Waals surface area contributed by atoms with Gasteiger partial charge in [-0.25, -0.2) is 10.2 Å². The predicted molar refractivity (Wildman–Crippen MR) is 84.5 cm³/mol. The molecule has 0 spiro atoms. The molecule has 2 rings (SSSR count). The molecule has 2 aromatic carbocycles. The number of carbonyl (C=O) groups is 1. The molecule has 24 heavy (non-hydrogen) atoms. The normalized spacial score (nSPS) is 9.88. The lowest BCUT2D eigenvalue weighted by Crippen LogP contribution is -2.11. The molecule has 0 unspecified atom stereocenters. The molecule has 0 radical (unpaired) electrons. The van der Waals surface area contributed by atoms with E-state index in [-0.39, 0.29) is 23.6 Å². The highest BCUT2D eigenvalue weighted by atomic mass is 16.7. The van der Waals surface area contributed by atoms with E-state index >= 15 is 0 Å². The number of nitrogens with one attached hydrogen (secondary N) is 1. The van der Waals surface area contributed by atoms with Crippen molar-refractivity contribution >= 4 is 17.5 Å². The summed E-state index contributed by atoms with van der Waals surface area (Å²) in [6.07, 6.45) is -1.00. The summed E-state index contributed by atoms with van der Waals surface area (Å²) in [6.45, 7) is 1.44. The Morgan fingerprint density at radius 2 is 1.96 bits per heavy atom. The fourth-order valence-corrected chi connectivity index (χ4v) is 1.88. The Hall–Kier alpha value is -3.49. The first kappa shape index (κ1) is 16.9. The maximum Gasteiger partial charge on any atom is 0.514 e. The zero-order chi connectivity index (χ0) is 17.5. The summed E-state index contributed by atoms with van der Waals surface area (Å²) in [4.78, 5) is 32.1. The number of ether oxygens (including phenoxy) is 2. The quantitative estimate of drug-likeness (QED) is 0.281. The van der Waals surface area contributed by atoms with Crippen LogP contribution in [0.1, 0.15) is 11.1 Å². The summed E-state index contributed by atoms with van der Waals surface area (Å²) in [6, 6.07) is 10.4. The van der Waals surface area contributed by atoms with Crippen molar-refractivity contribution in [3.63, 3.8) is 0 Å². The fourth-order valence-electron chi connectivity index (χ4n) is 1.88. The van der Waals surface area contributed by atoms with Gasteiger partial charge in [0.1, 0.15) is 12.4 Å². The molecular weight excluding hydrogens is 318 g/mol. The first-order valence-electron chi connectivity index (χ1n) is 6.76. The van der Waals surface area contributed by atoms with Crippen LogP contribution in [0.4, 0.5) is 16.2 Å². The molecule has 0 heterocycles. The van der Waals surface area contributed by atoms with E-state index in [0.29, 0.717) is 5.69 Å². The molecule has 0 bridgehead atoms. The van der Waals surface area contributed by atoms with Crippen molar-refractivity contribution in [2.45, 2.75) is 13.5 Å². The molecule has 9 heteroatoms. The predicted octanol–water partition coefficient (Wildman–Crippen LogP) is 3.71. The second kappa shape index (κ2) is 7.68. The van der Waals surface area contributed by atoms with Crippen LogP contribution < -0.4 is 10.2 Å². The van der Waals surface area contributed by atoms with E-state index in [2.05, 4.69) is 10.7 Å². The summed E-state index contributed by atoms with van der Waals surface area (Å²) in [5.74, 6) is 0.190. The summed E-state index contributed by atoms with van der Waals surface area (Å²) >= 11 is 0. The number of anilines is 1. The number of hydrogen-bond acceptors (Lipinski definition) is 7. The molecule has 0 fully saturated rings. The van der Waals surface area contributed by atoms with Crippen LogP contribution in [0.5, 0.6) is 5.75 Å². The molecule has 124 valence electrons. The first-order valence-corrected chi connectivity index (χ1v) is 6.76. The third-order valence-electron chi connectivity index (χ3n) is 3.01. The molecule has 1 N–H and O–H groups in total. The van der Waals surface area contributed by atoms with E-state index < -0.39 is 11.1 Å². The number of hydrogen-bond donors (Lipinski definition) is 1. The van der Waals surface area contributed by atoms with Gasteiger partial charge in [-0.2, -0.15) is 0 Å². The summed E-state index contributed by atoms with van der Waals surface area (Å²) in [5.41, 5.74) is 3.49. The molecule has 0 aliphatic heterocycles. The van der Waals surface area contributed by atoms with Crippen molar-refractivity contribution in [2.24, 2.45) is 5.29 Å². The van der Waals surface area contributed by atoms with Crippen LogP contribution in [0.2, 0.25) is 0 Å². The smallest absolute Gasteiger partial charge is 0.429 e. The van der Waals surface area contributed by atoms with Crippen LogP contribution in [0.3, 0.4) is 0 Å². The van der Waals surface area contributed by atoms with Crippen LogP contribution in [0.15, 0.2) is 47.8 Å². The summed E-state index contributed by atoms with van der Waals surface area (Å²) in [7, 11) is 0. The number of nitro groups is 1. The summed E-state index contributed by atoms with van der Waals surface area (Å²) < 4.78 is 9.82. The molecule has 0 aliphatic carbocycles. The van der Waals surface area contributed by atoms with E-state index in [1.165, 1.54) is 36.4 Å². The van der Waals surface area contributed by atoms with Gasteiger partial charge < -0.3 is 9.47 Å². The molecule has 2 aromatic rings. The molecule has 0 aliphatic rings. The van der Waals surface area contributed by atoms with Crippen molar-refractivity contribution < 1.29 is 19.2 Å². The number of carbonyl (C=O) groups excluding carboxylic acids is 1. The monoisotopic (exact) mass is 331 g/mol. The Kier molecular flexibility index (Phi) is 5.40. The third kappa shape index (κ3) is 4.50. The minimum Gasteiger partial charge on any atom is -0.429 e. The lowest BCUT2D eigenvalue weighted by Gasteiger charge is -2.07. The standard InChI is InChI=1S/C15H13N3O6/c1-10-2-3-11(14(8-10)18(21)22)9-23-15(19)24-13-6-4-12(5-7-13)16-17-20/h2-8H,9H2,1H3,(H,16,20). The Bertz CT molecular complexity index is 760. The van der Waals surface area contributed by atoms with Crippen molar-refractivity contribution in [2.75, 3.05) is 5.43 Å². The van der Waals surface area contributed by atoms with Gasteiger partial charge in [0.2, 0.25) is 0 Å². The number of rotatable bonds is 6. The zero-order valence-corrected chi connectivity index (χ0v) is 12.6. The van der Waals surface area contributed by atoms with Gasteiger partial charge in [0, 0.05) is 6.07 Å². The first-order chi connectivity index (χ1) is 11.5. The van der Waals surface area contributed by atoms with Gasteiger partial charge in [-0.3, -0.25) is 10.1 Å². The van der Waals surface area contributed by atoms with Crippen LogP contribution in [-0.4, -0.2) is 11.1 Å².